The summed E-state index contributed by atoms with van der Waals surface area (Å²) in [5.41, 5.74) is 6.57. The molecule has 2 aromatic carbocycles. The third-order valence-corrected chi connectivity index (χ3v) is 8.47. The van der Waals surface area contributed by atoms with E-state index in [0.717, 1.165) is 35.1 Å². The number of aliphatic hydroxyl groups excluding tert-OH is 1. The zero-order valence-electron chi connectivity index (χ0n) is 22.0. The normalized spacial score (nSPS) is 19.5. The topological polar surface area (TPSA) is 58.2 Å². The Kier molecular flexibility index (Phi) is 6.57. The smallest absolute Gasteiger partial charge is 0.304 e. The summed E-state index contributed by atoms with van der Waals surface area (Å²) in [7, 11) is 0. The van der Waals surface area contributed by atoms with Gasteiger partial charge in [-0.1, -0.05) is 94.0 Å². The Balaban J connectivity index is 1.31. The Morgan fingerprint density at radius 3 is 1.71 bits per heavy atom. The number of nitrogens with zero attached hydrogens (tertiary/aromatic N) is 1. The van der Waals surface area contributed by atoms with E-state index in [-0.39, 0.29) is 23.3 Å². The molecule has 3 aromatic rings. The Bertz CT molecular complexity index is 1430. The van der Waals surface area contributed by atoms with E-state index in [9.17, 15) is 14.7 Å². The molecule has 0 fully saturated rings. The monoisotopic (exact) mass is 504 g/mol. The number of aliphatic hydroxyl groups is 1. The number of aromatic nitrogens is 1. The lowest BCUT2D eigenvalue weighted by Crippen LogP contribution is -2.45. The molecule has 4 nitrogen and oxygen atoms in total. The van der Waals surface area contributed by atoms with Gasteiger partial charge in [0.2, 0.25) is 5.78 Å². The number of ketones is 2. The number of aryl methyl sites for hydroxylation is 1. The van der Waals surface area contributed by atoms with Crippen LogP contribution in [0.5, 0.6) is 0 Å². The summed E-state index contributed by atoms with van der Waals surface area (Å²) in [5.74, 6) is -1.84. The van der Waals surface area contributed by atoms with Gasteiger partial charge < -0.3 is 5.11 Å². The van der Waals surface area contributed by atoms with Crippen molar-refractivity contribution in [2.75, 3.05) is 0 Å². The number of rotatable bonds is 9. The molecule has 1 N–H and O–H groups in total. The third-order valence-electron chi connectivity index (χ3n) is 8.47. The fourth-order valence-electron chi connectivity index (χ4n) is 6.62. The molecule has 0 spiro atoms. The van der Waals surface area contributed by atoms with Gasteiger partial charge in [0.25, 0.3) is 0 Å². The Morgan fingerprint density at radius 1 is 0.658 bits per heavy atom. The van der Waals surface area contributed by atoms with E-state index in [4.69, 9.17) is 0 Å². The van der Waals surface area contributed by atoms with E-state index in [1.807, 2.05) is 60.9 Å². The van der Waals surface area contributed by atoms with E-state index in [1.165, 1.54) is 44.1 Å². The molecule has 4 aliphatic carbocycles. The molecule has 0 aliphatic heterocycles. The molecule has 2 bridgehead atoms. The van der Waals surface area contributed by atoms with Crippen LogP contribution in [0.1, 0.15) is 91.5 Å². The first-order valence-electron chi connectivity index (χ1n) is 14.1. The van der Waals surface area contributed by atoms with Crippen molar-refractivity contribution in [2.24, 2.45) is 0 Å². The SMILES string of the molecule is CCCCCCCCCc1cc[n+](C2=C(O)C3=C(C(=O)C2=O)C2c4ccccc4C3c3ccccc32)cc1. The van der Waals surface area contributed by atoms with Crippen LogP contribution >= 0.6 is 0 Å². The summed E-state index contributed by atoms with van der Waals surface area (Å²) in [6, 6.07) is 20.2. The fraction of sp³-hybridized carbons (Fsp3) is 0.324. The molecule has 4 heteroatoms. The predicted octanol–water partition coefficient (Wildman–Crippen LogP) is 6.73. The quantitative estimate of drug-likeness (QED) is 0.152. The van der Waals surface area contributed by atoms with Crippen LogP contribution in [0.3, 0.4) is 0 Å². The van der Waals surface area contributed by atoms with Gasteiger partial charge in [0, 0.05) is 35.1 Å². The molecule has 1 heterocycles. The first-order valence-corrected chi connectivity index (χ1v) is 14.1. The molecule has 192 valence electrons. The highest BCUT2D eigenvalue weighted by molar-refractivity contribution is 6.57. The number of carbonyl (C=O) groups is 2. The molecule has 0 saturated carbocycles. The molecular formula is C34H34NO3+. The highest BCUT2D eigenvalue weighted by Crippen LogP contribution is 2.58. The number of unbranched alkanes of at least 4 members (excludes halogenated alkanes) is 6. The lowest BCUT2D eigenvalue weighted by atomic mass is 9.58. The molecule has 0 radical (unpaired) electrons. The minimum Gasteiger partial charge on any atom is -0.502 e. The van der Waals surface area contributed by atoms with Gasteiger partial charge in [0.1, 0.15) is 0 Å². The van der Waals surface area contributed by atoms with Crippen molar-refractivity contribution in [1.82, 2.24) is 0 Å². The van der Waals surface area contributed by atoms with Crippen molar-refractivity contribution in [3.63, 3.8) is 0 Å². The van der Waals surface area contributed by atoms with Gasteiger partial charge >= 0.3 is 11.5 Å². The van der Waals surface area contributed by atoms with Gasteiger partial charge in [0.05, 0.1) is 0 Å². The van der Waals surface area contributed by atoms with E-state index in [2.05, 4.69) is 19.1 Å². The van der Waals surface area contributed by atoms with Crippen molar-refractivity contribution >= 4 is 17.3 Å². The first kappa shape index (κ1) is 24.5. The summed E-state index contributed by atoms with van der Waals surface area (Å²) < 4.78 is 1.62. The number of carbonyl (C=O) groups excluding carboxylic acids is 2. The standard InChI is InChI=1S/C34H33NO3/c1-2-3-4-5-6-7-8-13-22-18-20-35(21-19-22)31-32(36)29-27-23-14-9-11-16-25(23)28(30(29)33(37)34(31)38)26-17-12-10-15-24(26)27/h9-12,14-21,27-28H,2-8,13H2,1H3/p+1. The first-order chi connectivity index (χ1) is 18.6. The number of hydrogen-bond donors (Lipinski definition) is 1. The molecule has 0 saturated heterocycles. The molecule has 4 aliphatic rings. The van der Waals surface area contributed by atoms with Gasteiger partial charge in [-0.25, -0.2) is 0 Å². The zero-order chi connectivity index (χ0) is 26.2. The number of Topliss-reactive ketones (excluding diaryl/α,β-unsaturated/α-hetero) is 2. The summed E-state index contributed by atoms with van der Waals surface area (Å²) in [5, 5.41) is 11.6. The summed E-state index contributed by atoms with van der Waals surface area (Å²) in [4.78, 5) is 27.1. The van der Waals surface area contributed by atoms with Gasteiger partial charge in [0.15, 0.2) is 18.2 Å². The average molecular weight is 505 g/mol. The van der Waals surface area contributed by atoms with Crippen molar-refractivity contribution < 1.29 is 19.3 Å². The number of pyridine rings is 1. The number of benzene rings is 2. The van der Waals surface area contributed by atoms with Gasteiger partial charge in [-0.05, 0) is 40.7 Å². The maximum Gasteiger partial charge on any atom is 0.304 e. The lowest BCUT2D eigenvalue weighted by molar-refractivity contribution is -0.578. The van der Waals surface area contributed by atoms with Crippen LogP contribution in [-0.4, -0.2) is 16.7 Å². The van der Waals surface area contributed by atoms with Crippen molar-refractivity contribution in [1.29, 1.82) is 0 Å². The van der Waals surface area contributed by atoms with E-state index < -0.39 is 11.6 Å². The second kappa shape index (κ2) is 10.2. The van der Waals surface area contributed by atoms with Crippen LogP contribution in [0.15, 0.2) is 90.0 Å². The van der Waals surface area contributed by atoms with E-state index in [0.29, 0.717) is 11.1 Å². The fourth-order valence-corrected chi connectivity index (χ4v) is 6.62. The van der Waals surface area contributed by atoms with Crippen LogP contribution in [0.4, 0.5) is 0 Å². The largest absolute Gasteiger partial charge is 0.502 e. The maximum absolute atomic E-state index is 13.7. The maximum atomic E-state index is 13.7. The summed E-state index contributed by atoms with van der Waals surface area (Å²) in [6.07, 6.45) is 13.5. The number of allylic oxidation sites excluding steroid dienone is 3. The zero-order valence-corrected chi connectivity index (χ0v) is 22.0. The Labute approximate surface area is 224 Å². The van der Waals surface area contributed by atoms with E-state index in [1.54, 1.807) is 4.57 Å². The second-order valence-corrected chi connectivity index (χ2v) is 10.8. The molecule has 38 heavy (non-hydrogen) atoms. The minimum absolute atomic E-state index is 0.0544. The average Bonchev–Trinajstić information content (AvgIpc) is 2.96. The van der Waals surface area contributed by atoms with Crippen LogP contribution in [0.25, 0.3) is 5.70 Å². The summed E-state index contributed by atoms with van der Waals surface area (Å²) in [6.45, 7) is 2.24. The minimum atomic E-state index is -0.645. The van der Waals surface area contributed by atoms with Crippen molar-refractivity contribution in [3.8, 4) is 0 Å². The van der Waals surface area contributed by atoms with Gasteiger partial charge in [-0.2, -0.15) is 4.57 Å². The molecule has 7 rings (SSSR count). The molecule has 0 amide bonds. The Morgan fingerprint density at radius 2 is 1.16 bits per heavy atom. The molecular weight excluding hydrogens is 470 g/mol. The highest BCUT2D eigenvalue weighted by atomic mass is 16.3. The highest BCUT2D eigenvalue weighted by Gasteiger charge is 2.53. The Hall–Kier alpha value is -3.79. The lowest BCUT2D eigenvalue weighted by Gasteiger charge is -2.43. The third kappa shape index (κ3) is 3.94. The van der Waals surface area contributed by atoms with Crippen molar-refractivity contribution in [2.45, 2.75) is 70.1 Å². The van der Waals surface area contributed by atoms with Gasteiger partial charge in [-0.15, -0.1) is 0 Å². The van der Waals surface area contributed by atoms with Gasteiger partial charge in [-0.3, -0.25) is 9.59 Å². The van der Waals surface area contributed by atoms with E-state index >= 15 is 0 Å². The van der Waals surface area contributed by atoms with Crippen LogP contribution in [-0.2, 0) is 16.0 Å². The molecule has 0 unspecified atom stereocenters. The molecule has 0 atom stereocenters. The van der Waals surface area contributed by atoms with Crippen LogP contribution < -0.4 is 4.57 Å². The van der Waals surface area contributed by atoms with Crippen molar-refractivity contribution in [3.05, 3.63) is 118 Å². The van der Waals surface area contributed by atoms with Crippen LogP contribution in [0, 0.1) is 0 Å². The molecule has 1 aromatic heterocycles. The summed E-state index contributed by atoms with van der Waals surface area (Å²) >= 11 is 0. The second-order valence-electron chi connectivity index (χ2n) is 10.8. The number of hydrogen-bond acceptors (Lipinski definition) is 3. The van der Waals surface area contributed by atoms with Crippen LogP contribution in [0.2, 0.25) is 0 Å². The predicted molar refractivity (Wildman–Crippen MR) is 148 cm³/mol.